The van der Waals surface area contributed by atoms with Crippen LogP contribution in [0.2, 0.25) is 0 Å². The molecule has 74 valence electrons. The fourth-order valence-corrected chi connectivity index (χ4v) is 1.71. The third-order valence-corrected chi connectivity index (χ3v) is 2.78. The van der Waals surface area contributed by atoms with Gasteiger partial charge in [0.1, 0.15) is 0 Å². The van der Waals surface area contributed by atoms with Crippen molar-refractivity contribution in [1.82, 2.24) is 10.4 Å². The largest absolute Gasteiger partial charge is 0.315 e. The highest BCUT2D eigenvalue weighted by molar-refractivity contribution is 5.83. The van der Waals surface area contributed by atoms with Crippen LogP contribution in [-0.2, 0) is 9.63 Å². The number of rotatable bonds is 1. The van der Waals surface area contributed by atoms with E-state index in [1.54, 1.807) is 5.06 Å². The summed E-state index contributed by atoms with van der Waals surface area (Å²) in [7, 11) is 0. The average Bonchev–Trinajstić information content (AvgIpc) is 2.14. The molecule has 2 aliphatic heterocycles. The summed E-state index contributed by atoms with van der Waals surface area (Å²) in [6.45, 7) is 5.00. The molecular formula is C9H16N2O2. The van der Waals surface area contributed by atoms with Crippen molar-refractivity contribution in [3.8, 4) is 0 Å². The number of hydrogen-bond donors (Lipinski definition) is 1. The number of nitrogens with one attached hydrogen (secondary N) is 1. The Hall–Kier alpha value is -0.610. The first-order valence-corrected chi connectivity index (χ1v) is 4.88. The average molecular weight is 184 g/mol. The van der Waals surface area contributed by atoms with Gasteiger partial charge < -0.3 is 5.32 Å². The standard InChI is InChI=1S/C9H16N2O2/c1-9(6-10-7-9)8(12)11-4-2-3-5-13-11/h10H,2-7H2,1H3. The molecule has 2 heterocycles. The summed E-state index contributed by atoms with van der Waals surface area (Å²) in [5.74, 6) is 0.144. The van der Waals surface area contributed by atoms with E-state index in [-0.39, 0.29) is 11.3 Å². The van der Waals surface area contributed by atoms with Crippen LogP contribution in [0.15, 0.2) is 0 Å². The van der Waals surface area contributed by atoms with E-state index in [1.165, 1.54) is 0 Å². The highest BCUT2D eigenvalue weighted by atomic mass is 16.7. The van der Waals surface area contributed by atoms with E-state index in [0.29, 0.717) is 6.61 Å². The molecule has 0 spiro atoms. The quantitative estimate of drug-likeness (QED) is 0.630. The van der Waals surface area contributed by atoms with E-state index in [4.69, 9.17) is 4.84 Å². The van der Waals surface area contributed by atoms with Crippen LogP contribution in [0.3, 0.4) is 0 Å². The van der Waals surface area contributed by atoms with Gasteiger partial charge in [-0.05, 0) is 19.8 Å². The van der Waals surface area contributed by atoms with Crippen molar-refractivity contribution in [2.75, 3.05) is 26.2 Å². The molecule has 2 rings (SSSR count). The van der Waals surface area contributed by atoms with Gasteiger partial charge in [0.25, 0.3) is 5.91 Å². The lowest BCUT2D eigenvalue weighted by Crippen LogP contribution is -2.60. The second kappa shape index (κ2) is 3.27. The van der Waals surface area contributed by atoms with E-state index in [1.807, 2.05) is 6.92 Å². The van der Waals surface area contributed by atoms with Crippen molar-refractivity contribution in [2.45, 2.75) is 19.8 Å². The van der Waals surface area contributed by atoms with Gasteiger partial charge in [0.15, 0.2) is 0 Å². The molecule has 0 aromatic heterocycles. The molecule has 2 aliphatic rings. The van der Waals surface area contributed by atoms with Crippen LogP contribution in [0.5, 0.6) is 0 Å². The van der Waals surface area contributed by atoms with Crippen LogP contribution in [0.4, 0.5) is 0 Å². The zero-order valence-corrected chi connectivity index (χ0v) is 8.01. The van der Waals surface area contributed by atoms with Gasteiger partial charge in [-0.1, -0.05) is 0 Å². The fourth-order valence-electron chi connectivity index (χ4n) is 1.71. The van der Waals surface area contributed by atoms with Gasteiger partial charge in [0, 0.05) is 19.6 Å². The van der Waals surface area contributed by atoms with Crippen LogP contribution < -0.4 is 5.32 Å². The third-order valence-electron chi connectivity index (χ3n) is 2.78. The SMILES string of the molecule is CC1(C(=O)N2CCCCO2)CNC1. The minimum absolute atomic E-state index is 0.144. The monoisotopic (exact) mass is 184 g/mol. The molecule has 13 heavy (non-hydrogen) atoms. The lowest BCUT2D eigenvalue weighted by Gasteiger charge is -2.41. The van der Waals surface area contributed by atoms with E-state index >= 15 is 0 Å². The lowest BCUT2D eigenvalue weighted by atomic mass is 9.83. The van der Waals surface area contributed by atoms with E-state index in [0.717, 1.165) is 32.5 Å². The van der Waals surface area contributed by atoms with Gasteiger partial charge in [-0.25, -0.2) is 5.06 Å². The second-order valence-corrected chi connectivity index (χ2v) is 4.11. The normalized spacial score (nSPS) is 26.7. The maximum absolute atomic E-state index is 11.9. The van der Waals surface area contributed by atoms with Gasteiger partial charge in [0.2, 0.25) is 0 Å². The summed E-state index contributed by atoms with van der Waals surface area (Å²) < 4.78 is 0. The van der Waals surface area contributed by atoms with Crippen molar-refractivity contribution >= 4 is 5.91 Å². The molecule has 0 aliphatic carbocycles. The minimum Gasteiger partial charge on any atom is -0.315 e. The highest BCUT2D eigenvalue weighted by Gasteiger charge is 2.42. The number of hydroxylamine groups is 2. The first-order valence-electron chi connectivity index (χ1n) is 4.88. The molecule has 4 heteroatoms. The Morgan fingerprint density at radius 1 is 1.46 bits per heavy atom. The number of carbonyl (C=O) groups is 1. The lowest BCUT2D eigenvalue weighted by molar-refractivity contribution is -0.208. The Kier molecular flexibility index (Phi) is 2.26. The Bertz CT molecular complexity index is 208. The number of nitrogens with zero attached hydrogens (tertiary/aromatic N) is 1. The topological polar surface area (TPSA) is 41.6 Å². The van der Waals surface area contributed by atoms with Crippen molar-refractivity contribution in [3.63, 3.8) is 0 Å². The number of hydrogen-bond acceptors (Lipinski definition) is 3. The molecule has 1 N–H and O–H groups in total. The predicted molar refractivity (Wildman–Crippen MR) is 47.9 cm³/mol. The number of amides is 1. The second-order valence-electron chi connectivity index (χ2n) is 4.11. The predicted octanol–water partition coefficient (Wildman–Crippen LogP) is 0.150. The molecule has 0 aromatic rings. The molecule has 2 fully saturated rings. The molecule has 0 aromatic carbocycles. The van der Waals surface area contributed by atoms with Crippen molar-refractivity contribution in [3.05, 3.63) is 0 Å². The van der Waals surface area contributed by atoms with Gasteiger partial charge in [-0.2, -0.15) is 0 Å². The van der Waals surface area contributed by atoms with Gasteiger partial charge in [-0.15, -0.1) is 0 Å². The molecule has 2 saturated heterocycles. The summed E-state index contributed by atoms with van der Waals surface area (Å²) in [5.41, 5.74) is -0.211. The summed E-state index contributed by atoms with van der Waals surface area (Å²) in [5, 5.41) is 4.66. The van der Waals surface area contributed by atoms with Crippen LogP contribution in [0.25, 0.3) is 0 Å². The maximum atomic E-state index is 11.9. The smallest absolute Gasteiger partial charge is 0.254 e. The summed E-state index contributed by atoms with van der Waals surface area (Å²) in [4.78, 5) is 17.2. The maximum Gasteiger partial charge on any atom is 0.254 e. The van der Waals surface area contributed by atoms with Crippen LogP contribution >= 0.6 is 0 Å². The third kappa shape index (κ3) is 1.56. The Morgan fingerprint density at radius 3 is 2.69 bits per heavy atom. The fraction of sp³-hybridized carbons (Fsp3) is 0.889. The van der Waals surface area contributed by atoms with E-state index in [2.05, 4.69) is 5.32 Å². The van der Waals surface area contributed by atoms with Gasteiger partial charge in [-0.3, -0.25) is 9.63 Å². The van der Waals surface area contributed by atoms with Crippen LogP contribution in [-0.4, -0.2) is 37.2 Å². The molecule has 0 atom stereocenters. The van der Waals surface area contributed by atoms with Crippen molar-refractivity contribution in [2.24, 2.45) is 5.41 Å². The molecule has 0 saturated carbocycles. The molecule has 4 nitrogen and oxygen atoms in total. The van der Waals surface area contributed by atoms with Gasteiger partial charge >= 0.3 is 0 Å². The summed E-state index contributed by atoms with van der Waals surface area (Å²) >= 11 is 0. The molecule has 0 bridgehead atoms. The summed E-state index contributed by atoms with van der Waals surface area (Å²) in [6, 6.07) is 0. The van der Waals surface area contributed by atoms with E-state index in [9.17, 15) is 4.79 Å². The van der Waals surface area contributed by atoms with Crippen LogP contribution in [0, 0.1) is 5.41 Å². The molecule has 0 radical (unpaired) electrons. The molecular weight excluding hydrogens is 168 g/mol. The first-order chi connectivity index (χ1) is 6.22. The Balaban J connectivity index is 1.95. The number of carbonyl (C=O) groups excluding carboxylic acids is 1. The summed E-state index contributed by atoms with van der Waals surface area (Å²) in [6.07, 6.45) is 2.13. The van der Waals surface area contributed by atoms with Gasteiger partial charge in [0.05, 0.1) is 12.0 Å². The van der Waals surface area contributed by atoms with Crippen molar-refractivity contribution in [1.29, 1.82) is 0 Å². The zero-order valence-electron chi connectivity index (χ0n) is 8.01. The Labute approximate surface area is 78.2 Å². The Morgan fingerprint density at radius 2 is 2.23 bits per heavy atom. The first kappa shape index (κ1) is 8.97. The van der Waals surface area contributed by atoms with Crippen LogP contribution in [0.1, 0.15) is 19.8 Å². The minimum atomic E-state index is -0.211. The molecule has 1 amide bonds. The van der Waals surface area contributed by atoms with Crippen molar-refractivity contribution < 1.29 is 9.63 Å². The highest BCUT2D eigenvalue weighted by Crippen LogP contribution is 2.25. The van der Waals surface area contributed by atoms with E-state index < -0.39 is 0 Å². The zero-order chi connectivity index (χ0) is 9.31. The molecule has 0 unspecified atom stereocenters.